The van der Waals surface area contributed by atoms with Crippen molar-refractivity contribution in [1.82, 2.24) is 10.6 Å². The van der Waals surface area contributed by atoms with Crippen LogP contribution in [0.4, 0.5) is 9.18 Å². The quantitative estimate of drug-likeness (QED) is 0.678. The van der Waals surface area contributed by atoms with Gasteiger partial charge in [0.1, 0.15) is 12.8 Å². The molecule has 4 nitrogen and oxygen atoms in total. The van der Waals surface area contributed by atoms with E-state index in [0.717, 1.165) is 25.9 Å². The van der Waals surface area contributed by atoms with E-state index >= 15 is 0 Å². The fourth-order valence-electron chi connectivity index (χ4n) is 1.26. The molecule has 0 aromatic rings. The molecule has 1 saturated heterocycles. The minimum atomic E-state index is -0.554. The smallest absolute Gasteiger partial charge is 0.407 e. The Kier molecular flexibility index (Phi) is 4.53. The third kappa shape index (κ3) is 4.07. The summed E-state index contributed by atoms with van der Waals surface area (Å²) in [6.45, 7) is 1.23. The summed E-state index contributed by atoms with van der Waals surface area (Å²) in [6.07, 6.45) is 1.15. The first-order valence-electron chi connectivity index (χ1n) is 4.54. The van der Waals surface area contributed by atoms with E-state index < -0.39 is 12.8 Å². The third-order valence-electron chi connectivity index (χ3n) is 1.92. The van der Waals surface area contributed by atoms with Crippen molar-refractivity contribution < 1.29 is 13.9 Å². The van der Waals surface area contributed by atoms with Crippen molar-refractivity contribution >= 4 is 6.09 Å². The first kappa shape index (κ1) is 10.2. The van der Waals surface area contributed by atoms with Crippen molar-refractivity contribution in [2.45, 2.75) is 18.9 Å². The number of hydrogen-bond acceptors (Lipinski definition) is 3. The monoisotopic (exact) mass is 190 g/mol. The summed E-state index contributed by atoms with van der Waals surface area (Å²) in [6, 6.07) is 0. The van der Waals surface area contributed by atoms with Crippen molar-refractivity contribution in [2.75, 3.05) is 26.3 Å². The molecule has 1 fully saturated rings. The van der Waals surface area contributed by atoms with Crippen LogP contribution in [0.15, 0.2) is 0 Å². The molecule has 0 aromatic heterocycles. The van der Waals surface area contributed by atoms with Gasteiger partial charge >= 0.3 is 6.09 Å². The van der Waals surface area contributed by atoms with Gasteiger partial charge in [-0.1, -0.05) is 0 Å². The Labute approximate surface area is 76.8 Å². The van der Waals surface area contributed by atoms with Crippen molar-refractivity contribution in [3.05, 3.63) is 0 Å². The predicted molar refractivity (Wildman–Crippen MR) is 46.4 cm³/mol. The molecule has 5 heteroatoms. The van der Waals surface area contributed by atoms with Crippen LogP contribution in [0.25, 0.3) is 0 Å². The Hall–Kier alpha value is -0.840. The number of alkyl halides is 1. The highest BCUT2D eigenvalue weighted by atomic mass is 19.1. The highest BCUT2D eigenvalue weighted by Crippen LogP contribution is 2.06. The van der Waals surface area contributed by atoms with Crippen LogP contribution in [0.3, 0.4) is 0 Å². The zero-order valence-electron chi connectivity index (χ0n) is 7.51. The van der Waals surface area contributed by atoms with Crippen LogP contribution in [0, 0.1) is 0 Å². The normalized spacial score (nSPS) is 18.2. The number of rotatable bonds is 3. The summed E-state index contributed by atoms with van der Waals surface area (Å²) in [4.78, 5) is 10.9. The molecule has 2 N–H and O–H groups in total. The van der Waals surface area contributed by atoms with Crippen molar-refractivity contribution in [1.29, 1.82) is 0 Å². The zero-order chi connectivity index (χ0) is 9.52. The molecule has 0 radical (unpaired) electrons. The van der Waals surface area contributed by atoms with Crippen LogP contribution >= 0.6 is 0 Å². The summed E-state index contributed by atoms with van der Waals surface area (Å²) < 4.78 is 16.7. The molecule has 1 aliphatic heterocycles. The molecule has 1 aliphatic rings. The van der Waals surface area contributed by atoms with Gasteiger partial charge in [-0.25, -0.2) is 9.18 Å². The van der Waals surface area contributed by atoms with Crippen LogP contribution in [-0.4, -0.2) is 38.5 Å². The number of carbonyl (C=O) groups excluding carboxylic acids is 1. The van der Waals surface area contributed by atoms with E-state index in [-0.39, 0.29) is 12.6 Å². The summed E-state index contributed by atoms with van der Waals surface area (Å²) >= 11 is 0. The number of piperidine rings is 1. The largest absolute Gasteiger partial charge is 0.446 e. The van der Waals surface area contributed by atoms with Gasteiger partial charge in [0.15, 0.2) is 0 Å². The van der Waals surface area contributed by atoms with Gasteiger partial charge in [0.25, 0.3) is 0 Å². The van der Waals surface area contributed by atoms with Gasteiger partial charge in [0.05, 0.1) is 0 Å². The molecule has 1 heterocycles. The van der Waals surface area contributed by atoms with Gasteiger partial charge in [-0.3, -0.25) is 0 Å². The minimum Gasteiger partial charge on any atom is -0.446 e. The van der Waals surface area contributed by atoms with Crippen molar-refractivity contribution in [3.63, 3.8) is 0 Å². The van der Waals surface area contributed by atoms with Crippen LogP contribution in [0.5, 0.6) is 0 Å². The molecule has 13 heavy (non-hydrogen) atoms. The second-order valence-corrected chi connectivity index (χ2v) is 2.97. The van der Waals surface area contributed by atoms with E-state index in [2.05, 4.69) is 10.6 Å². The predicted octanol–water partition coefficient (Wildman–Crippen LogP) is 0.434. The maximum atomic E-state index is 11.7. The average Bonchev–Trinajstić information content (AvgIpc) is 2.16. The van der Waals surface area contributed by atoms with Gasteiger partial charge in [0.2, 0.25) is 0 Å². The molecule has 76 valence electrons. The van der Waals surface area contributed by atoms with E-state index in [9.17, 15) is 9.18 Å². The SMILES string of the molecule is O=C(NCCF)OC1CCNCC1. The Morgan fingerprint density at radius 1 is 1.54 bits per heavy atom. The fourth-order valence-corrected chi connectivity index (χ4v) is 1.26. The Bertz CT molecular complexity index is 160. The van der Waals surface area contributed by atoms with Gasteiger partial charge in [-0.2, -0.15) is 0 Å². The number of ether oxygens (including phenoxy) is 1. The molecular formula is C8H15FN2O2. The number of hydrogen-bond donors (Lipinski definition) is 2. The van der Waals surface area contributed by atoms with Gasteiger partial charge in [-0.15, -0.1) is 0 Å². The highest BCUT2D eigenvalue weighted by molar-refractivity contribution is 5.67. The summed E-state index contributed by atoms with van der Waals surface area (Å²) in [5.41, 5.74) is 0. The molecule has 0 saturated carbocycles. The zero-order valence-corrected chi connectivity index (χ0v) is 7.51. The number of carbonyl (C=O) groups is 1. The first-order valence-corrected chi connectivity index (χ1v) is 4.54. The van der Waals surface area contributed by atoms with E-state index in [1.807, 2.05) is 0 Å². The summed E-state index contributed by atoms with van der Waals surface area (Å²) in [5.74, 6) is 0. The topological polar surface area (TPSA) is 50.4 Å². The maximum absolute atomic E-state index is 11.7. The third-order valence-corrected chi connectivity index (χ3v) is 1.92. The van der Waals surface area contributed by atoms with E-state index in [1.54, 1.807) is 0 Å². The van der Waals surface area contributed by atoms with Gasteiger partial charge < -0.3 is 15.4 Å². The first-order chi connectivity index (χ1) is 6.33. The molecule has 1 amide bonds. The number of alkyl carbamates (subject to hydrolysis) is 1. The molecule has 0 aliphatic carbocycles. The van der Waals surface area contributed by atoms with Crippen molar-refractivity contribution in [2.24, 2.45) is 0 Å². The Morgan fingerprint density at radius 3 is 2.85 bits per heavy atom. The standard InChI is InChI=1S/C8H15FN2O2/c9-3-6-11-8(12)13-7-1-4-10-5-2-7/h7,10H,1-6H2,(H,11,12). The second kappa shape index (κ2) is 5.75. The highest BCUT2D eigenvalue weighted by Gasteiger charge is 2.16. The number of nitrogens with one attached hydrogen (secondary N) is 2. The van der Waals surface area contributed by atoms with Crippen LogP contribution in [-0.2, 0) is 4.74 Å². The molecular weight excluding hydrogens is 175 g/mol. The van der Waals surface area contributed by atoms with Crippen LogP contribution < -0.4 is 10.6 Å². The molecule has 0 atom stereocenters. The van der Waals surface area contributed by atoms with E-state index in [4.69, 9.17) is 4.74 Å². The molecule has 0 spiro atoms. The van der Waals surface area contributed by atoms with Crippen molar-refractivity contribution in [3.8, 4) is 0 Å². The average molecular weight is 190 g/mol. The lowest BCUT2D eigenvalue weighted by Gasteiger charge is -2.22. The maximum Gasteiger partial charge on any atom is 0.407 e. The minimum absolute atomic E-state index is 0.0131. The molecule has 1 rings (SSSR count). The lowest BCUT2D eigenvalue weighted by Crippen LogP contribution is -2.37. The molecule has 0 bridgehead atoms. The van der Waals surface area contributed by atoms with Crippen LogP contribution in [0.2, 0.25) is 0 Å². The summed E-state index contributed by atoms with van der Waals surface area (Å²) in [7, 11) is 0. The molecule has 0 aromatic carbocycles. The lowest BCUT2D eigenvalue weighted by molar-refractivity contribution is 0.0791. The number of amides is 1. The summed E-state index contributed by atoms with van der Waals surface area (Å²) in [5, 5.41) is 5.48. The Morgan fingerprint density at radius 2 is 2.23 bits per heavy atom. The Balaban J connectivity index is 2.11. The van der Waals surface area contributed by atoms with Gasteiger partial charge in [-0.05, 0) is 25.9 Å². The van der Waals surface area contributed by atoms with Gasteiger partial charge in [0, 0.05) is 6.54 Å². The molecule has 0 unspecified atom stereocenters. The van der Waals surface area contributed by atoms with E-state index in [0.29, 0.717) is 0 Å². The second-order valence-electron chi connectivity index (χ2n) is 2.97. The fraction of sp³-hybridized carbons (Fsp3) is 0.875. The lowest BCUT2D eigenvalue weighted by atomic mass is 10.1. The number of halogens is 1. The van der Waals surface area contributed by atoms with E-state index in [1.165, 1.54) is 0 Å². The van der Waals surface area contributed by atoms with Crippen LogP contribution in [0.1, 0.15) is 12.8 Å².